The van der Waals surface area contributed by atoms with Crippen LogP contribution in [-0.2, 0) is 14.3 Å². The van der Waals surface area contributed by atoms with Gasteiger partial charge in [0, 0.05) is 12.5 Å². The van der Waals surface area contributed by atoms with Crippen molar-refractivity contribution in [3.05, 3.63) is 83.9 Å². The van der Waals surface area contributed by atoms with E-state index in [9.17, 15) is 14.7 Å². The van der Waals surface area contributed by atoms with Crippen molar-refractivity contribution in [1.29, 1.82) is 0 Å². The largest absolute Gasteiger partial charge is 0.481 e. The molecular formula is C23H23NO4. The number of fused-ring (bicyclic) bond motifs is 2. The Kier molecular flexibility index (Phi) is 5.26. The molecule has 2 aliphatic heterocycles. The number of carbonyl (C=O) groups is 2. The first-order chi connectivity index (χ1) is 13.6. The molecule has 2 aliphatic rings. The molecular weight excluding hydrogens is 354 g/mol. The van der Waals surface area contributed by atoms with E-state index in [0.29, 0.717) is 6.54 Å². The maximum atomic E-state index is 12.7. The minimum atomic E-state index is -0.983. The molecule has 0 unspecified atom stereocenters. The smallest absolute Gasteiger partial charge is 0.310 e. The molecule has 1 saturated heterocycles. The predicted molar refractivity (Wildman–Crippen MR) is 105 cm³/mol. The molecule has 1 fully saturated rings. The maximum Gasteiger partial charge on any atom is 0.310 e. The minimum absolute atomic E-state index is 0.161. The zero-order chi connectivity index (χ0) is 19.5. The summed E-state index contributed by atoms with van der Waals surface area (Å²) in [7, 11) is 0. The highest BCUT2D eigenvalue weighted by Gasteiger charge is 2.53. The van der Waals surface area contributed by atoms with E-state index in [0.717, 1.165) is 6.42 Å². The van der Waals surface area contributed by atoms with Crippen LogP contribution in [0.5, 0.6) is 0 Å². The average molecular weight is 377 g/mol. The molecule has 0 saturated carbocycles. The van der Waals surface area contributed by atoms with Crippen LogP contribution in [0.2, 0.25) is 0 Å². The van der Waals surface area contributed by atoms with Crippen molar-refractivity contribution in [3.63, 3.8) is 0 Å². The summed E-state index contributed by atoms with van der Waals surface area (Å²) in [6.07, 6.45) is 3.33. The molecule has 2 heterocycles. The lowest BCUT2D eigenvalue weighted by Gasteiger charge is -2.22. The average Bonchev–Trinajstić information content (AvgIpc) is 3.34. The second kappa shape index (κ2) is 7.98. The van der Waals surface area contributed by atoms with Crippen molar-refractivity contribution in [1.82, 2.24) is 5.32 Å². The predicted octanol–water partition coefficient (Wildman–Crippen LogP) is 2.98. The Hall–Kier alpha value is -2.92. The highest BCUT2D eigenvalue weighted by Crippen LogP contribution is 2.39. The van der Waals surface area contributed by atoms with E-state index >= 15 is 0 Å². The lowest BCUT2D eigenvalue weighted by Crippen LogP contribution is -2.42. The number of aliphatic carboxylic acids is 1. The van der Waals surface area contributed by atoms with Crippen LogP contribution in [0.3, 0.4) is 0 Å². The Balaban J connectivity index is 1.43. The molecule has 0 aliphatic carbocycles. The lowest BCUT2D eigenvalue weighted by molar-refractivity contribution is -0.146. The van der Waals surface area contributed by atoms with Crippen LogP contribution in [0.1, 0.15) is 23.5 Å². The van der Waals surface area contributed by atoms with Crippen molar-refractivity contribution in [2.75, 3.05) is 6.54 Å². The van der Waals surface area contributed by atoms with Crippen LogP contribution < -0.4 is 5.32 Å². The van der Waals surface area contributed by atoms with E-state index in [1.54, 1.807) is 12.2 Å². The van der Waals surface area contributed by atoms with E-state index in [4.69, 9.17) is 4.74 Å². The van der Waals surface area contributed by atoms with Gasteiger partial charge in [0.1, 0.15) is 5.92 Å². The summed E-state index contributed by atoms with van der Waals surface area (Å²) in [5.41, 5.74) is 2.38. The number of carbonyl (C=O) groups excluding carboxylic acids is 1. The number of rotatable bonds is 7. The fourth-order valence-electron chi connectivity index (χ4n) is 4.27. The van der Waals surface area contributed by atoms with Gasteiger partial charge in [-0.3, -0.25) is 9.59 Å². The van der Waals surface area contributed by atoms with Gasteiger partial charge >= 0.3 is 5.97 Å². The van der Waals surface area contributed by atoms with Gasteiger partial charge in [-0.1, -0.05) is 72.8 Å². The zero-order valence-electron chi connectivity index (χ0n) is 15.4. The van der Waals surface area contributed by atoms with Crippen LogP contribution in [0, 0.1) is 11.8 Å². The molecule has 28 heavy (non-hydrogen) atoms. The second-order valence-corrected chi connectivity index (χ2v) is 7.29. The highest BCUT2D eigenvalue weighted by molar-refractivity contribution is 5.87. The topological polar surface area (TPSA) is 75.6 Å². The summed E-state index contributed by atoms with van der Waals surface area (Å²) < 4.78 is 5.59. The normalized spacial score (nSPS) is 25.2. The fourth-order valence-corrected chi connectivity index (χ4v) is 4.27. The quantitative estimate of drug-likeness (QED) is 0.728. The molecule has 2 bridgehead atoms. The first kappa shape index (κ1) is 18.4. The van der Waals surface area contributed by atoms with E-state index in [1.807, 2.05) is 36.4 Å². The Morgan fingerprint density at radius 2 is 1.43 bits per heavy atom. The van der Waals surface area contributed by atoms with Crippen LogP contribution in [0.15, 0.2) is 72.8 Å². The summed E-state index contributed by atoms with van der Waals surface area (Å²) >= 11 is 0. The fraction of sp³-hybridized carbons (Fsp3) is 0.304. The molecule has 1 amide bonds. The van der Waals surface area contributed by atoms with Gasteiger partial charge in [0.05, 0.1) is 18.1 Å². The Morgan fingerprint density at radius 3 is 1.96 bits per heavy atom. The molecule has 4 rings (SSSR count). The minimum Gasteiger partial charge on any atom is -0.481 e. The lowest BCUT2D eigenvalue weighted by atomic mass is 9.82. The molecule has 2 aromatic carbocycles. The van der Waals surface area contributed by atoms with Crippen molar-refractivity contribution in [2.24, 2.45) is 11.8 Å². The molecule has 0 radical (unpaired) electrons. The van der Waals surface area contributed by atoms with Crippen molar-refractivity contribution in [3.8, 4) is 0 Å². The Labute approximate surface area is 164 Å². The van der Waals surface area contributed by atoms with Gasteiger partial charge in [0.25, 0.3) is 0 Å². The zero-order valence-corrected chi connectivity index (χ0v) is 15.4. The van der Waals surface area contributed by atoms with Gasteiger partial charge in [-0.25, -0.2) is 0 Å². The third-order valence-corrected chi connectivity index (χ3v) is 5.62. The third-order valence-electron chi connectivity index (χ3n) is 5.62. The summed E-state index contributed by atoms with van der Waals surface area (Å²) in [6.45, 7) is 0.469. The van der Waals surface area contributed by atoms with Crippen LogP contribution in [0.25, 0.3) is 0 Å². The van der Waals surface area contributed by atoms with Gasteiger partial charge in [0.15, 0.2) is 0 Å². The van der Waals surface area contributed by atoms with Gasteiger partial charge in [-0.15, -0.1) is 0 Å². The summed E-state index contributed by atoms with van der Waals surface area (Å²) in [6, 6.07) is 20.4. The number of carboxylic acid groups (broad SMARTS) is 1. The molecule has 0 spiro atoms. The number of hydrogen-bond donors (Lipinski definition) is 2. The number of ether oxygens (including phenoxy) is 1. The Morgan fingerprint density at radius 1 is 0.893 bits per heavy atom. The maximum absolute atomic E-state index is 12.7. The van der Waals surface area contributed by atoms with Gasteiger partial charge in [-0.05, 0) is 17.5 Å². The van der Waals surface area contributed by atoms with Crippen LogP contribution >= 0.6 is 0 Å². The van der Waals surface area contributed by atoms with Gasteiger partial charge in [0.2, 0.25) is 5.91 Å². The van der Waals surface area contributed by atoms with Gasteiger partial charge < -0.3 is 15.2 Å². The van der Waals surface area contributed by atoms with E-state index < -0.39 is 30.0 Å². The Bertz CT molecular complexity index is 825. The van der Waals surface area contributed by atoms with Crippen molar-refractivity contribution < 1.29 is 19.4 Å². The third kappa shape index (κ3) is 3.58. The standard InChI is InChI=1S/C23H23NO4/c25-22(20-18-11-12-19(28-18)21(20)23(26)27)24-14-13-17(15-7-3-1-4-8-15)16-9-5-2-6-10-16/h1-12,17-21H,13-14H2,(H,24,25)(H,26,27)/t18-,19+,20+,21-/m0/s1. The number of carboxylic acids is 1. The van der Waals surface area contributed by atoms with E-state index in [1.165, 1.54) is 11.1 Å². The molecule has 2 N–H and O–H groups in total. The molecule has 0 aromatic heterocycles. The summed E-state index contributed by atoms with van der Waals surface area (Å²) in [5, 5.41) is 12.4. The van der Waals surface area contributed by atoms with Gasteiger partial charge in [-0.2, -0.15) is 0 Å². The number of nitrogens with one attached hydrogen (secondary N) is 1. The molecule has 2 aromatic rings. The molecule has 144 valence electrons. The van der Waals surface area contributed by atoms with E-state index in [-0.39, 0.29) is 11.8 Å². The summed E-state index contributed by atoms with van der Waals surface area (Å²) in [4.78, 5) is 24.3. The summed E-state index contributed by atoms with van der Waals surface area (Å²) in [5.74, 6) is -2.55. The molecule has 4 atom stereocenters. The highest BCUT2D eigenvalue weighted by atomic mass is 16.5. The van der Waals surface area contributed by atoms with Crippen molar-refractivity contribution in [2.45, 2.75) is 24.5 Å². The number of benzene rings is 2. The first-order valence-electron chi connectivity index (χ1n) is 9.59. The van der Waals surface area contributed by atoms with Crippen LogP contribution in [-0.4, -0.2) is 35.7 Å². The van der Waals surface area contributed by atoms with Crippen molar-refractivity contribution >= 4 is 11.9 Å². The second-order valence-electron chi connectivity index (χ2n) is 7.29. The molecule has 5 nitrogen and oxygen atoms in total. The number of hydrogen-bond acceptors (Lipinski definition) is 3. The number of amides is 1. The van der Waals surface area contributed by atoms with E-state index in [2.05, 4.69) is 29.6 Å². The SMILES string of the molecule is O=C(O)[C@@H]1[C@H](C(=O)NCCC(c2ccccc2)c2ccccc2)[C@@H]2C=C[C@H]1O2. The van der Waals surface area contributed by atoms with Crippen LogP contribution in [0.4, 0.5) is 0 Å². The monoisotopic (exact) mass is 377 g/mol. The first-order valence-corrected chi connectivity index (χ1v) is 9.59. The molecule has 5 heteroatoms.